The highest BCUT2D eigenvalue weighted by Gasteiger charge is 2.51. The Bertz CT molecular complexity index is 965. The monoisotopic (exact) mass is 461 g/mol. The summed E-state index contributed by atoms with van der Waals surface area (Å²) in [5.74, 6) is -0.196. The van der Waals surface area contributed by atoms with E-state index in [1.807, 2.05) is 54.6 Å². The first-order valence-corrected chi connectivity index (χ1v) is 12.4. The number of esters is 1. The van der Waals surface area contributed by atoms with Gasteiger partial charge in [0.2, 0.25) is 0 Å². The highest BCUT2D eigenvalue weighted by atomic mass is 16.7. The zero-order chi connectivity index (χ0) is 24.2. The maximum absolute atomic E-state index is 12.9. The summed E-state index contributed by atoms with van der Waals surface area (Å²) in [6.07, 6.45) is 8.34. The lowest BCUT2D eigenvalue weighted by atomic mass is 9.79. The standard InChI is InChI=1S/C28H36BNO4/c1-27(2)28(3,4)34-29(33-27)23-18-16-21(17-19-23)11-10-20-30-25(22-12-6-5-7-13-22)26(31)32-24-14-8-9-15-24/h5-7,10-13,16-19,24-25,30H,8-9,14-15,20H2,1-4H3/t25-/m0/s1. The van der Waals surface area contributed by atoms with Gasteiger partial charge >= 0.3 is 13.1 Å². The second-order valence-corrected chi connectivity index (χ2v) is 10.3. The van der Waals surface area contributed by atoms with Gasteiger partial charge in [0.25, 0.3) is 0 Å². The number of carbonyl (C=O) groups excluding carboxylic acids is 1. The quantitative estimate of drug-likeness (QED) is 0.452. The topological polar surface area (TPSA) is 56.8 Å². The van der Waals surface area contributed by atoms with Crippen LogP contribution in [0.1, 0.15) is 70.5 Å². The average Bonchev–Trinajstić information content (AvgIpc) is 3.39. The molecule has 6 heteroatoms. The van der Waals surface area contributed by atoms with Crippen LogP contribution in [0.5, 0.6) is 0 Å². The fourth-order valence-corrected chi connectivity index (χ4v) is 4.35. The van der Waals surface area contributed by atoms with Crippen molar-refractivity contribution in [2.24, 2.45) is 0 Å². The molecule has 2 aliphatic rings. The number of carbonyl (C=O) groups is 1. The van der Waals surface area contributed by atoms with E-state index in [4.69, 9.17) is 14.0 Å². The van der Waals surface area contributed by atoms with Crippen molar-refractivity contribution in [3.63, 3.8) is 0 Å². The van der Waals surface area contributed by atoms with E-state index in [0.29, 0.717) is 6.54 Å². The smallest absolute Gasteiger partial charge is 0.461 e. The maximum Gasteiger partial charge on any atom is 0.494 e. The number of hydrogen-bond donors (Lipinski definition) is 1. The maximum atomic E-state index is 12.9. The Morgan fingerprint density at radius 1 is 1.03 bits per heavy atom. The van der Waals surface area contributed by atoms with Gasteiger partial charge in [-0.25, -0.2) is 4.79 Å². The molecule has 1 N–H and O–H groups in total. The number of rotatable bonds is 8. The SMILES string of the molecule is CC1(C)OB(c2ccc(C=CCN[C@H](C(=O)OC3CCCC3)c3ccccc3)cc2)OC1(C)C. The van der Waals surface area contributed by atoms with Crippen molar-refractivity contribution in [3.8, 4) is 0 Å². The molecule has 5 nitrogen and oxygen atoms in total. The summed E-state index contributed by atoms with van der Waals surface area (Å²) in [6, 6.07) is 17.5. The summed E-state index contributed by atoms with van der Waals surface area (Å²) in [6.45, 7) is 8.79. The molecule has 4 rings (SSSR count). The fourth-order valence-electron chi connectivity index (χ4n) is 4.35. The highest BCUT2D eigenvalue weighted by Crippen LogP contribution is 2.36. The number of ether oxygens (including phenoxy) is 1. The molecule has 0 unspecified atom stereocenters. The van der Waals surface area contributed by atoms with Crippen LogP contribution in [0.3, 0.4) is 0 Å². The summed E-state index contributed by atoms with van der Waals surface area (Å²) in [7, 11) is -0.359. The Balaban J connectivity index is 1.34. The average molecular weight is 461 g/mol. The first-order chi connectivity index (χ1) is 16.2. The Morgan fingerprint density at radius 3 is 2.26 bits per heavy atom. The van der Waals surface area contributed by atoms with Crippen LogP contribution in [0.15, 0.2) is 60.7 Å². The van der Waals surface area contributed by atoms with E-state index in [2.05, 4.69) is 45.1 Å². The van der Waals surface area contributed by atoms with Crippen LogP contribution in [0.25, 0.3) is 6.08 Å². The van der Waals surface area contributed by atoms with Crippen LogP contribution in [0.4, 0.5) is 0 Å². The summed E-state index contributed by atoms with van der Waals surface area (Å²) in [5, 5.41) is 3.35. The van der Waals surface area contributed by atoms with Gasteiger partial charge in [-0.15, -0.1) is 0 Å². The predicted molar refractivity (Wildman–Crippen MR) is 137 cm³/mol. The third-order valence-electron chi connectivity index (χ3n) is 7.17. The van der Waals surface area contributed by atoms with Crippen LogP contribution in [0.2, 0.25) is 0 Å². The van der Waals surface area contributed by atoms with Gasteiger partial charge in [0.05, 0.1) is 11.2 Å². The van der Waals surface area contributed by atoms with Crippen molar-refractivity contribution < 1.29 is 18.8 Å². The Hall–Kier alpha value is -2.41. The van der Waals surface area contributed by atoms with E-state index < -0.39 is 6.04 Å². The van der Waals surface area contributed by atoms with Crippen molar-refractivity contribution in [3.05, 3.63) is 71.8 Å². The first kappa shape index (κ1) is 24.7. The van der Waals surface area contributed by atoms with Crippen LogP contribution in [-0.2, 0) is 18.8 Å². The van der Waals surface area contributed by atoms with Gasteiger partial charge < -0.3 is 14.0 Å². The molecule has 0 bridgehead atoms. The van der Waals surface area contributed by atoms with Crippen LogP contribution < -0.4 is 10.8 Å². The number of benzene rings is 2. The molecule has 0 spiro atoms. The summed E-state index contributed by atoms with van der Waals surface area (Å²) >= 11 is 0. The minimum absolute atomic E-state index is 0.0542. The second kappa shape index (κ2) is 10.5. The van der Waals surface area contributed by atoms with Gasteiger partial charge in [-0.1, -0.05) is 66.7 Å². The lowest BCUT2D eigenvalue weighted by Gasteiger charge is -2.32. The minimum Gasteiger partial charge on any atom is -0.461 e. The van der Waals surface area contributed by atoms with Crippen molar-refractivity contribution in [1.29, 1.82) is 0 Å². The molecular formula is C28H36BNO4. The summed E-state index contributed by atoms with van der Waals surface area (Å²) < 4.78 is 18.1. The normalized spacial score (nSPS) is 20.6. The first-order valence-electron chi connectivity index (χ1n) is 12.4. The minimum atomic E-state index is -0.475. The van der Waals surface area contributed by atoms with E-state index in [1.54, 1.807) is 0 Å². The molecule has 0 amide bonds. The molecular weight excluding hydrogens is 425 g/mol. The van der Waals surface area contributed by atoms with Crippen LogP contribution >= 0.6 is 0 Å². The molecule has 0 aromatic heterocycles. The summed E-state index contributed by atoms with van der Waals surface area (Å²) in [5.41, 5.74) is 2.30. The third-order valence-corrected chi connectivity index (χ3v) is 7.17. The zero-order valence-corrected chi connectivity index (χ0v) is 20.8. The number of hydrogen-bond acceptors (Lipinski definition) is 5. The van der Waals surface area contributed by atoms with Crippen molar-refractivity contribution in [2.45, 2.75) is 76.7 Å². The molecule has 2 aromatic carbocycles. The van der Waals surface area contributed by atoms with Crippen molar-refractivity contribution >= 4 is 24.6 Å². The molecule has 1 saturated heterocycles. The van der Waals surface area contributed by atoms with Gasteiger partial charge in [0.15, 0.2) is 0 Å². The molecule has 1 aliphatic carbocycles. The summed E-state index contributed by atoms with van der Waals surface area (Å²) in [4.78, 5) is 12.9. The van der Waals surface area contributed by atoms with E-state index in [-0.39, 0.29) is 30.4 Å². The largest absolute Gasteiger partial charge is 0.494 e. The van der Waals surface area contributed by atoms with Gasteiger partial charge in [-0.3, -0.25) is 5.32 Å². The van der Waals surface area contributed by atoms with Gasteiger partial charge in [0, 0.05) is 6.54 Å². The Morgan fingerprint density at radius 2 is 1.65 bits per heavy atom. The lowest BCUT2D eigenvalue weighted by Crippen LogP contribution is -2.41. The Kier molecular flexibility index (Phi) is 7.61. The second-order valence-electron chi connectivity index (χ2n) is 10.3. The van der Waals surface area contributed by atoms with E-state index >= 15 is 0 Å². The molecule has 1 heterocycles. The molecule has 1 saturated carbocycles. The van der Waals surface area contributed by atoms with E-state index in [9.17, 15) is 4.79 Å². The van der Waals surface area contributed by atoms with Crippen LogP contribution in [-0.4, -0.2) is 36.9 Å². The third kappa shape index (κ3) is 5.80. The van der Waals surface area contributed by atoms with Crippen molar-refractivity contribution in [2.75, 3.05) is 6.54 Å². The lowest BCUT2D eigenvalue weighted by molar-refractivity contribution is -0.151. The molecule has 1 atom stereocenters. The van der Waals surface area contributed by atoms with Gasteiger partial charge in [-0.2, -0.15) is 0 Å². The highest BCUT2D eigenvalue weighted by molar-refractivity contribution is 6.62. The van der Waals surface area contributed by atoms with Crippen molar-refractivity contribution in [1.82, 2.24) is 5.32 Å². The van der Waals surface area contributed by atoms with Gasteiger partial charge in [-0.05, 0) is 70.0 Å². The number of nitrogens with one attached hydrogen (secondary N) is 1. The molecule has 2 fully saturated rings. The fraction of sp³-hybridized carbons (Fsp3) is 0.464. The molecule has 0 radical (unpaired) electrons. The molecule has 1 aliphatic heterocycles. The molecule has 2 aromatic rings. The van der Waals surface area contributed by atoms with E-state index in [1.165, 1.54) is 0 Å². The Labute approximate surface area is 204 Å². The predicted octanol–water partition coefficient (Wildman–Crippen LogP) is 4.82. The van der Waals surface area contributed by atoms with Crippen LogP contribution in [0, 0.1) is 0 Å². The van der Waals surface area contributed by atoms with Gasteiger partial charge in [0.1, 0.15) is 12.1 Å². The van der Waals surface area contributed by atoms with E-state index in [0.717, 1.165) is 42.3 Å². The molecule has 180 valence electrons. The zero-order valence-electron chi connectivity index (χ0n) is 20.8. The molecule has 34 heavy (non-hydrogen) atoms.